The van der Waals surface area contributed by atoms with E-state index in [0.717, 1.165) is 41.6 Å². The second-order valence-corrected chi connectivity index (χ2v) is 12.4. The summed E-state index contributed by atoms with van der Waals surface area (Å²) >= 11 is 1.27. The predicted molar refractivity (Wildman–Crippen MR) is 138 cm³/mol. The molecule has 1 aromatic carbocycles. The van der Waals surface area contributed by atoms with Crippen molar-refractivity contribution in [3.05, 3.63) is 35.3 Å². The average Bonchev–Trinajstić information content (AvgIpc) is 3.55. The van der Waals surface area contributed by atoms with E-state index in [1.54, 1.807) is 4.68 Å². The summed E-state index contributed by atoms with van der Waals surface area (Å²) in [5.74, 6) is -0.496. The lowest BCUT2D eigenvalue weighted by atomic mass is 10.0. The van der Waals surface area contributed by atoms with Gasteiger partial charge < -0.3 is 19.3 Å². The zero-order chi connectivity index (χ0) is 27.2. The lowest BCUT2D eigenvalue weighted by Gasteiger charge is -2.36. The minimum absolute atomic E-state index is 0.0496. The molecule has 2 saturated heterocycles. The van der Waals surface area contributed by atoms with Crippen LogP contribution in [0.2, 0.25) is 0 Å². The molecule has 0 radical (unpaired) electrons. The van der Waals surface area contributed by atoms with Crippen LogP contribution in [0, 0.1) is 19.7 Å². The van der Waals surface area contributed by atoms with Gasteiger partial charge in [0.25, 0.3) is 5.91 Å². The van der Waals surface area contributed by atoms with E-state index in [1.165, 1.54) is 23.7 Å². The number of likely N-dealkylation sites (tertiary alicyclic amines) is 1. The van der Waals surface area contributed by atoms with Crippen molar-refractivity contribution in [1.29, 1.82) is 0 Å². The smallest absolute Gasteiger partial charge is 0.337 e. The standard InChI is InChI=1S/C24H29FN6O5S2/c1-14-15(2)27-29(3)22(14)36-23-26-24(37-28-23)30-10-7-16(8-11-30)31-12-9-20(21(31)32)35-19-6-5-17(13-18(19)25)38(4,33)34/h5-6,13,16,20H,7-12H2,1-4H3/t20-/m0/s1. The summed E-state index contributed by atoms with van der Waals surface area (Å²) in [6, 6.07) is 3.79. The third-order valence-electron chi connectivity index (χ3n) is 7.01. The summed E-state index contributed by atoms with van der Waals surface area (Å²) in [6.45, 7) is 5.80. The lowest BCUT2D eigenvalue weighted by molar-refractivity contribution is -0.135. The Balaban J connectivity index is 1.16. The van der Waals surface area contributed by atoms with Crippen molar-refractivity contribution >= 4 is 32.4 Å². The van der Waals surface area contributed by atoms with Crippen molar-refractivity contribution in [2.75, 3.05) is 30.8 Å². The number of carbonyl (C=O) groups is 1. The van der Waals surface area contributed by atoms with Gasteiger partial charge in [-0.05, 0) is 44.9 Å². The molecule has 3 aromatic rings. The van der Waals surface area contributed by atoms with Crippen molar-refractivity contribution < 1.29 is 27.1 Å². The summed E-state index contributed by atoms with van der Waals surface area (Å²) in [7, 11) is -1.72. The Hall–Kier alpha value is -3.26. The molecule has 2 aliphatic heterocycles. The van der Waals surface area contributed by atoms with Crippen LogP contribution in [-0.4, -0.2) is 76.4 Å². The average molecular weight is 565 g/mol. The van der Waals surface area contributed by atoms with Crippen LogP contribution >= 0.6 is 11.5 Å². The Bertz CT molecular complexity index is 1460. The molecule has 4 heterocycles. The van der Waals surface area contributed by atoms with Gasteiger partial charge in [-0.15, -0.1) is 4.37 Å². The number of sulfone groups is 1. The molecule has 5 rings (SSSR count). The Kier molecular flexibility index (Phi) is 7.03. The molecule has 0 saturated carbocycles. The van der Waals surface area contributed by atoms with Crippen molar-refractivity contribution in [2.24, 2.45) is 7.05 Å². The van der Waals surface area contributed by atoms with Crippen molar-refractivity contribution in [1.82, 2.24) is 24.0 Å². The van der Waals surface area contributed by atoms with E-state index in [-0.39, 0.29) is 28.6 Å². The normalized spacial score (nSPS) is 18.9. The number of hydrogen-bond acceptors (Lipinski definition) is 10. The number of piperidine rings is 1. The van der Waals surface area contributed by atoms with Crippen LogP contribution in [-0.2, 0) is 21.7 Å². The molecule has 2 aliphatic rings. The Labute approximate surface area is 224 Å². The van der Waals surface area contributed by atoms with Crippen LogP contribution in [0.25, 0.3) is 0 Å². The highest BCUT2D eigenvalue weighted by molar-refractivity contribution is 7.90. The van der Waals surface area contributed by atoms with Gasteiger partial charge in [0, 0.05) is 62.5 Å². The zero-order valence-electron chi connectivity index (χ0n) is 21.5. The fourth-order valence-corrected chi connectivity index (χ4v) is 6.11. The summed E-state index contributed by atoms with van der Waals surface area (Å²) in [5, 5.41) is 5.11. The van der Waals surface area contributed by atoms with Crippen LogP contribution in [0.1, 0.15) is 30.5 Å². The molecule has 38 heavy (non-hydrogen) atoms. The van der Waals surface area contributed by atoms with E-state index < -0.39 is 21.8 Å². The van der Waals surface area contributed by atoms with Gasteiger partial charge in [0.2, 0.25) is 11.0 Å². The van der Waals surface area contributed by atoms with E-state index in [1.807, 2.05) is 25.8 Å². The summed E-state index contributed by atoms with van der Waals surface area (Å²) in [4.78, 5) is 21.4. The predicted octanol–water partition coefficient (Wildman–Crippen LogP) is 2.87. The minimum atomic E-state index is -3.54. The van der Waals surface area contributed by atoms with Crippen LogP contribution in [0.3, 0.4) is 0 Å². The lowest BCUT2D eigenvalue weighted by Crippen LogP contribution is -2.47. The highest BCUT2D eigenvalue weighted by Gasteiger charge is 2.39. The largest absolute Gasteiger partial charge is 0.477 e. The van der Waals surface area contributed by atoms with Gasteiger partial charge in [0.1, 0.15) is 0 Å². The number of rotatable bonds is 7. The maximum atomic E-state index is 14.4. The molecule has 0 spiro atoms. The van der Waals surface area contributed by atoms with E-state index in [4.69, 9.17) is 9.47 Å². The molecular weight excluding hydrogens is 535 g/mol. The van der Waals surface area contributed by atoms with Gasteiger partial charge in [0.05, 0.1) is 10.6 Å². The number of benzene rings is 1. The summed E-state index contributed by atoms with van der Waals surface area (Å²) in [6.07, 6.45) is 2.16. The zero-order valence-corrected chi connectivity index (χ0v) is 23.2. The van der Waals surface area contributed by atoms with Crippen LogP contribution in [0.4, 0.5) is 9.52 Å². The third-order valence-corrected chi connectivity index (χ3v) is 8.88. The number of carbonyl (C=O) groups excluding carboxylic acids is 1. The Morgan fingerprint density at radius 1 is 1.13 bits per heavy atom. The Morgan fingerprint density at radius 3 is 2.50 bits per heavy atom. The molecule has 0 unspecified atom stereocenters. The molecular formula is C24H29FN6O5S2. The number of ether oxygens (including phenoxy) is 2. The van der Waals surface area contributed by atoms with Gasteiger partial charge >= 0.3 is 6.01 Å². The van der Waals surface area contributed by atoms with Gasteiger partial charge in [-0.1, -0.05) is 0 Å². The minimum Gasteiger partial charge on any atom is -0.477 e. The SMILES string of the molecule is Cc1nn(C)c(Oc2nsc(N3CCC(N4CC[C@H](Oc5ccc(S(C)(=O)=O)cc5F)C4=O)CC3)n2)c1C. The summed E-state index contributed by atoms with van der Waals surface area (Å²) in [5.41, 5.74) is 1.83. The highest BCUT2D eigenvalue weighted by Crippen LogP contribution is 2.32. The second kappa shape index (κ2) is 10.1. The molecule has 2 aromatic heterocycles. The quantitative estimate of drug-likeness (QED) is 0.427. The first kappa shape index (κ1) is 26.4. The van der Waals surface area contributed by atoms with Crippen molar-refractivity contribution in [3.8, 4) is 17.6 Å². The Morgan fingerprint density at radius 2 is 1.87 bits per heavy atom. The number of hydrogen-bond donors (Lipinski definition) is 0. The highest BCUT2D eigenvalue weighted by atomic mass is 32.2. The number of aryl methyl sites for hydroxylation is 2. The van der Waals surface area contributed by atoms with Crippen LogP contribution in [0.5, 0.6) is 17.6 Å². The fraction of sp³-hybridized carbons (Fsp3) is 0.500. The molecule has 0 aliphatic carbocycles. The maximum absolute atomic E-state index is 14.4. The van der Waals surface area contributed by atoms with Gasteiger partial charge in [-0.25, -0.2) is 17.5 Å². The van der Waals surface area contributed by atoms with E-state index in [0.29, 0.717) is 31.9 Å². The topological polar surface area (TPSA) is 120 Å². The molecule has 204 valence electrons. The van der Waals surface area contributed by atoms with Crippen molar-refractivity contribution in [3.63, 3.8) is 0 Å². The molecule has 1 amide bonds. The first-order chi connectivity index (χ1) is 18.0. The number of anilines is 1. The molecule has 0 N–H and O–H groups in total. The monoisotopic (exact) mass is 564 g/mol. The van der Waals surface area contributed by atoms with Gasteiger partial charge in [0.15, 0.2) is 27.5 Å². The van der Waals surface area contributed by atoms with Crippen molar-refractivity contribution in [2.45, 2.75) is 50.2 Å². The van der Waals surface area contributed by atoms with Crippen LogP contribution in [0.15, 0.2) is 23.1 Å². The first-order valence-corrected chi connectivity index (χ1v) is 14.9. The van der Waals surface area contributed by atoms with Crippen LogP contribution < -0.4 is 14.4 Å². The van der Waals surface area contributed by atoms with Gasteiger partial charge in [-0.2, -0.15) is 10.1 Å². The number of halogens is 1. The molecule has 1 atom stereocenters. The second-order valence-electron chi connectivity index (χ2n) is 9.61. The number of amides is 1. The molecule has 2 fully saturated rings. The van der Waals surface area contributed by atoms with E-state index >= 15 is 0 Å². The molecule has 14 heteroatoms. The maximum Gasteiger partial charge on any atom is 0.337 e. The fourth-order valence-electron chi connectivity index (χ4n) is 4.82. The summed E-state index contributed by atoms with van der Waals surface area (Å²) < 4.78 is 55.3. The van der Waals surface area contributed by atoms with E-state index in [9.17, 15) is 17.6 Å². The van der Waals surface area contributed by atoms with E-state index in [2.05, 4.69) is 19.4 Å². The molecule has 11 nitrogen and oxygen atoms in total. The molecule has 0 bridgehead atoms. The first-order valence-electron chi connectivity index (χ1n) is 12.2. The van der Waals surface area contributed by atoms with Gasteiger partial charge in [-0.3, -0.25) is 4.79 Å². The third kappa shape index (κ3) is 5.19. The number of aromatic nitrogens is 4. The number of nitrogens with zero attached hydrogens (tertiary/aromatic N) is 6.